The minimum atomic E-state index is -0.0540. The lowest BCUT2D eigenvalue weighted by atomic mass is 9.79. The molecular weight excluding hydrogens is 370 g/mol. The highest BCUT2D eigenvalue weighted by Crippen LogP contribution is 2.41. The predicted molar refractivity (Wildman–Crippen MR) is 109 cm³/mol. The topological polar surface area (TPSA) is 80.8 Å². The van der Waals surface area contributed by atoms with Crippen LogP contribution in [-0.2, 0) is 14.2 Å². The molecule has 3 aliphatic heterocycles. The number of anilines is 1. The third kappa shape index (κ3) is 3.88. The van der Waals surface area contributed by atoms with Gasteiger partial charge in [0.1, 0.15) is 17.7 Å². The maximum absolute atomic E-state index is 6.55. The molecule has 29 heavy (non-hydrogen) atoms. The Morgan fingerprint density at radius 2 is 2.17 bits per heavy atom. The van der Waals surface area contributed by atoms with Gasteiger partial charge in [0.15, 0.2) is 0 Å². The van der Waals surface area contributed by atoms with Crippen molar-refractivity contribution in [3.63, 3.8) is 0 Å². The highest BCUT2D eigenvalue weighted by atomic mass is 16.6. The van der Waals surface area contributed by atoms with Gasteiger partial charge >= 0.3 is 0 Å². The first-order valence-electron chi connectivity index (χ1n) is 11.1. The average molecular weight is 404 g/mol. The van der Waals surface area contributed by atoms with Crippen LogP contribution in [0.5, 0.6) is 0 Å². The zero-order chi connectivity index (χ0) is 19.8. The van der Waals surface area contributed by atoms with Crippen molar-refractivity contribution in [2.45, 2.75) is 69.4 Å². The fourth-order valence-electron chi connectivity index (χ4n) is 5.19. The van der Waals surface area contributed by atoms with Crippen LogP contribution >= 0.6 is 0 Å². The van der Waals surface area contributed by atoms with E-state index in [1.807, 2.05) is 0 Å². The molecule has 2 N–H and O–H groups in total. The van der Waals surface area contributed by atoms with Gasteiger partial charge < -0.3 is 19.1 Å². The molecule has 8 heteroatoms. The van der Waals surface area contributed by atoms with E-state index >= 15 is 0 Å². The summed E-state index contributed by atoms with van der Waals surface area (Å²) in [7, 11) is 0. The van der Waals surface area contributed by atoms with Crippen LogP contribution in [0.4, 0.5) is 5.82 Å². The van der Waals surface area contributed by atoms with Crippen LogP contribution in [0.3, 0.4) is 0 Å². The Hall–Kier alpha value is -1.32. The van der Waals surface area contributed by atoms with Crippen molar-refractivity contribution in [1.29, 1.82) is 0 Å². The second-order valence-electron chi connectivity index (χ2n) is 9.05. The molecule has 0 radical (unpaired) electrons. The van der Waals surface area contributed by atoms with E-state index in [2.05, 4.69) is 45.6 Å². The Morgan fingerprint density at radius 1 is 1.28 bits per heavy atom. The normalized spacial score (nSPS) is 36.5. The first kappa shape index (κ1) is 19.6. The fourth-order valence-corrected chi connectivity index (χ4v) is 5.19. The van der Waals surface area contributed by atoms with Crippen molar-refractivity contribution in [3.8, 4) is 0 Å². The second kappa shape index (κ2) is 8.07. The second-order valence-corrected chi connectivity index (χ2v) is 9.05. The summed E-state index contributed by atoms with van der Waals surface area (Å²) in [5, 5.41) is 0. The van der Waals surface area contributed by atoms with E-state index in [-0.39, 0.29) is 17.7 Å². The van der Waals surface area contributed by atoms with Gasteiger partial charge in [0.05, 0.1) is 43.8 Å². The summed E-state index contributed by atoms with van der Waals surface area (Å²) in [5.74, 6) is 1.46. The van der Waals surface area contributed by atoms with Gasteiger partial charge in [-0.3, -0.25) is 5.43 Å². The van der Waals surface area contributed by atoms with Crippen molar-refractivity contribution in [3.05, 3.63) is 18.1 Å². The largest absolute Gasteiger partial charge is 0.375 e. The van der Waals surface area contributed by atoms with E-state index in [9.17, 15) is 0 Å². The first-order valence-corrected chi connectivity index (χ1v) is 11.1. The minimum Gasteiger partial charge on any atom is -0.375 e. The molecule has 4 heterocycles. The summed E-state index contributed by atoms with van der Waals surface area (Å²) in [6, 6.07) is 2.80. The van der Waals surface area contributed by atoms with Gasteiger partial charge in [0, 0.05) is 31.1 Å². The zero-order valence-electron chi connectivity index (χ0n) is 17.5. The Balaban J connectivity index is 1.29. The number of nitrogens with one attached hydrogen (secondary N) is 2. The number of hydrogen-bond donors (Lipinski definition) is 2. The number of nitrogens with zero attached hydrogens (tertiary/aromatic N) is 3. The van der Waals surface area contributed by atoms with Gasteiger partial charge in [-0.1, -0.05) is 6.92 Å². The van der Waals surface area contributed by atoms with Crippen molar-refractivity contribution < 1.29 is 14.2 Å². The minimum absolute atomic E-state index is 0.0540. The molecule has 1 aromatic rings. The van der Waals surface area contributed by atoms with Crippen LogP contribution in [0, 0.1) is 5.92 Å². The highest BCUT2D eigenvalue weighted by Gasteiger charge is 2.46. The maximum atomic E-state index is 6.55. The predicted octanol–water partition coefficient (Wildman–Crippen LogP) is 1.58. The van der Waals surface area contributed by atoms with E-state index in [0.717, 1.165) is 70.1 Å². The Kier molecular flexibility index (Phi) is 5.47. The summed E-state index contributed by atoms with van der Waals surface area (Å²) < 4.78 is 17.7. The van der Waals surface area contributed by atoms with Crippen LogP contribution in [0.2, 0.25) is 0 Å². The number of aromatic nitrogens is 2. The third-order valence-corrected chi connectivity index (χ3v) is 7.05. The van der Waals surface area contributed by atoms with Gasteiger partial charge in [-0.25, -0.2) is 15.4 Å². The van der Waals surface area contributed by atoms with Crippen LogP contribution in [-0.4, -0.2) is 66.7 Å². The zero-order valence-corrected chi connectivity index (χ0v) is 17.5. The summed E-state index contributed by atoms with van der Waals surface area (Å²) in [6.45, 7) is 8.28. The third-order valence-electron chi connectivity index (χ3n) is 7.05. The smallest absolute Gasteiger partial charge is 0.132 e. The molecule has 4 aliphatic rings. The van der Waals surface area contributed by atoms with Crippen LogP contribution in [0.15, 0.2) is 12.4 Å². The fraction of sp³-hybridized carbons (Fsp3) is 0.810. The number of ether oxygens (including phenoxy) is 3. The molecule has 0 amide bonds. The van der Waals surface area contributed by atoms with E-state index < -0.39 is 0 Å². The maximum Gasteiger partial charge on any atom is 0.132 e. The highest BCUT2D eigenvalue weighted by molar-refractivity contribution is 5.40. The van der Waals surface area contributed by atoms with Crippen molar-refractivity contribution in [2.75, 3.05) is 37.8 Å². The van der Waals surface area contributed by atoms with Crippen molar-refractivity contribution in [1.82, 2.24) is 20.8 Å². The van der Waals surface area contributed by atoms with Crippen molar-refractivity contribution >= 4 is 5.82 Å². The molecular formula is C21H33N5O3. The van der Waals surface area contributed by atoms with Gasteiger partial charge in [-0.2, -0.15) is 0 Å². The molecule has 0 bridgehead atoms. The number of fused-ring (bicyclic) bond motifs is 1. The Bertz CT molecular complexity index is 710. The molecule has 160 valence electrons. The van der Waals surface area contributed by atoms with E-state index in [1.165, 1.54) is 0 Å². The van der Waals surface area contributed by atoms with E-state index in [0.29, 0.717) is 18.1 Å². The van der Waals surface area contributed by atoms with E-state index in [1.54, 1.807) is 6.33 Å². The van der Waals surface area contributed by atoms with Gasteiger partial charge in [-0.05, 0) is 32.6 Å². The Morgan fingerprint density at radius 3 is 2.93 bits per heavy atom. The molecule has 5 rings (SSSR count). The lowest BCUT2D eigenvalue weighted by molar-refractivity contribution is -0.238. The lowest BCUT2D eigenvalue weighted by Crippen LogP contribution is -2.54. The van der Waals surface area contributed by atoms with Gasteiger partial charge in [0.25, 0.3) is 0 Å². The van der Waals surface area contributed by atoms with Gasteiger partial charge in [-0.15, -0.1) is 0 Å². The van der Waals surface area contributed by atoms with Crippen molar-refractivity contribution in [2.24, 2.45) is 5.92 Å². The lowest BCUT2D eigenvalue weighted by Gasteiger charge is -2.45. The van der Waals surface area contributed by atoms with Crippen LogP contribution in [0.1, 0.15) is 51.3 Å². The van der Waals surface area contributed by atoms with Crippen LogP contribution in [0.25, 0.3) is 0 Å². The first-order chi connectivity index (χ1) is 14.2. The molecule has 0 spiro atoms. The summed E-state index contributed by atoms with van der Waals surface area (Å²) in [5.41, 5.74) is 8.04. The molecule has 4 unspecified atom stereocenters. The standard InChI is InChI=1S/C21H33N5O3/c1-3-21(11-27-12-21)29-15-4-5-17-16(8-15)20(25-24-17)18-9-19(23-13-22-18)26-6-7-28-14(2)10-26/h9,13-17,20,24-25H,3-8,10-12H2,1-2H3/t14-,15?,16?,17?,20?/m1/s1. The molecule has 1 aromatic heterocycles. The molecule has 1 aliphatic carbocycles. The summed E-state index contributed by atoms with van der Waals surface area (Å²) in [4.78, 5) is 11.5. The quantitative estimate of drug-likeness (QED) is 0.767. The van der Waals surface area contributed by atoms with Crippen LogP contribution < -0.4 is 15.8 Å². The number of rotatable bonds is 5. The average Bonchev–Trinajstić information content (AvgIpc) is 3.14. The number of hydrogen-bond acceptors (Lipinski definition) is 8. The molecule has 0 aromatic carbocycles. The molecule has 3 saturated heterocycles. The SMILES string of the molecule is CCC1(OC2CCC3NNC(c4cc(N5CCO[C@H](C)C5)ncn4)C3C2)COC1. The molecule has 1 saturated carbocycles. The molecule has 8 nitrogen and oxygen atoms in total. The number of morpholine rings is 1. The summed E-state index contributed by atoms with van der Waals surface area (Å²) in [6.07, 6.45) is 6.52. The summed E-state index contributed by atoms with van der Waals surface area (Å²) >= 11 is 0. The van der Waals surface area contributed by atoms with Gasteiger partial charge in [0.2, 0.25) is 0 Å². The molecule has 5 atom stereocenters. The molecule has 4 fully saturated rings. The monoisotopic (exact) mass is 403 g/mol. The number of hydrazine groups is 1. The van der Waals surface area contributed by atoms with E-state index in [4.69, 9.17) is 14.2 Å². The Labute approximate surface area is 172 Å².